The fourth-order valence-corrected chi connectivity index (χ4v) is 1.74. The number of nitrogens with zero attached hydrogens (tertiary/aromatic N) is 1. The predicted molar refractivity (Wildman–Crippen MR) is 60.3 cm³/mol. The highest BCUT2D eigenvalue weighted by Gasteiger charge is 1.93. The van der Waals surface area contributed by atoms with Crippen LogP contribution in [0.25, 0.3) is 10.2 Å². The van der Waals surface area contributed by atoms with E-state index in [1.54, 1.807) is 11.3 Å². The molecule has 1 aromatic carbocycles. The van der Waals surface area contributed by atoms with E-state index in [1.165, 1.54) is 16.7 Å². The zero-order valence-electron chi connectivity index (χ0n) is 8.37. The lowest BCUT2D eigenvalue weighted by molar-refractivity contribution is 1.09. The molecule has 2 aromatic rings. The molecule has 70 valence electrons. The third-order valence-electron chi connectivity index (χ3n) is 1.49. The van der Waals surface area contributed by atoms with Crippen molar-refractivity contribution in [3.8, 4) is 0 Å². The third kappa shape index (κ3) is 2.81. The first-order valence-electron chi connectivity index (χ1n) is 4.57. The molecule has 0 N–H and O–H groups in total. The van der Waals surface area contributed by atoms with Gasteiger partial charge in [-0.05, 0) is 24.6 Å². The number of benzene rings is 1. The maximum Gasteiger partial charge on any atom is 0.0812 e. The Kier molecular flexibility index (Phi) is 3.90. The van der Waals surface area contributed by atoms with Crippen molar-refractivity contribution in [2.45, 2.75) is 27.2 Å². The average molecular weight is 193 g/mol. The first-order valence-corrected chi connectivity index (χ1v) is 5.45. The Labute approximate surface area is 83.4 Å². The zero-order valence-corrected chi connectivity index (χ0v) is 9.19. The predicted octanol–water partition coefficient (Wildman–Crippen LogP) is 4.02. The molecule has 0 spiro atoms. The van der Waals surface area contributed by atoms with Crippen molar-refractivity contribution in [1.82, 2.24) is 4.98 Å². The Hall–Kier alpha value is -0.890. The summed E-state index contributed by atoms with van der Waals surface area (Å²) in [5.41, 5.74) is 4.29. The molecule has 2 heteroatoms. The molecule has 0 saturated heterocycles. The van der Waals surface area contributed by atoms with Crippen molar-refractivity contribution in [3.05, 3.63) is 29.3 Å². The standard InChI is InChI=1S/C8H7NS.C3H8/c1-6-2-3-7-8(4-6)10-5-9-7;1-3-2/h2-5H,1H3;3H2,1-2H3. The van der Waals surface area contributed by atoms with Crippen molar-refractivity contribution in [2.75, 3.05) is 0 Å². The fourth-order valence-electron chi connectivity index (χ4n) is 0.962. The molecule has 1 aromatic heterocycles. The summed E-state index contributed by atoms with van der Waals surface area (Å²) >= 11 is 1.69. The van der Waals surface area contributed by atoms with Crippen LogP contribution in [0.4, 0.5) is 0 Å². The van der Waals surface area contributed by atoms with Gasteiger partial charge in [-0.15, -0.1) is 11.3 Å². The van der Waals surface area contributed by atoms with Crippen LogP contribution in [0.15, 0.2) is 23.7 Å². The van der Waals surface area contributed by atoms with E-state index in [4.69, 9.17) is 0 Å². The van der Waals surface area contributed by atoms with Crippen molar-refractivity contribution in [1.29, 1.82) is 0 Å². The van der Waals surface area contributed by atoms with Crippen molar-refractivity contribution in [2.24, 2.45) is 0 Å². The van der Waals surface area contributed by atoms with Crippen LogP contribution in [0.5, 0.6) is 0 Å². The molecule has 0 atom stereocenters. The van der Waals surface area contributed by atoms with Crippen LogP contribution in [0.2, 0.25) is 0 Å². The second kappa shape index (κ2) is 4.97. The van der Waals surface area contributed by atoms with Crippen LogP contribution in [0.1, 0.15) is 25.8 Å². The van der Waals surface area contributed by atoms with E-state index in [2.05, 4.69) is 44.0 Å². The highest BCUT2D eigenvalue weighted by Crippen LogP contribution is 2.17. The van der Waals surface area contributed by atoms with Crippen LogP contribution < -0.4 is 0 Å². The van der Waals surface area contributed by atoms with Crippen LogP contribution in [-0.4, -0.2) is 4.98 Å². The molecule has 0 radical (unpaired) electrons. The van der Waals surface area contributed by atoms with Crippen LogP contribution in [0.3, 0.4) is 0 Å². The maximum absolute atomic E-state index is 4.18. The van der Waals surface area contributed by atoms with Gasteiger partial charge < -0.3 is 0 Å². The summed E-state index contributed by atoms with van der Waals surface area (Å²) in [6.07, 6.45) is 1.25. The van der Waals surface area contributed by atoms with Gasteiger partial charge in [-0.3, -0.25) is 0 Å². The van der Waals surface area contributed by atoms with Gasteiger partial charge in [0.15, 0.2) is 0 Å². The van der Waals surface area contributed by atoms with Gasteiger partial charge in [0.2, 0.25) is 0 Å². The van der Waals surface area contributed by atoms with Crippen LogP contribution in [-0.2, 0) is 0 Å². The molecule has 0 unspecified atom stereocenters. The summed E-state index contributed by atoms with van der Waals surface area (Å²) in [6, 6.07) is 6.30. The number of aromatic nitrogens is 1. The molecule has 0 bridgehead atoms. The first-order chi connectivity index (χ1) is 6.27. The minimum absolute atomic E-state index is 1.11. The number of hydrogen-bond acceptors (Lipinski definition) is 2. The summed E-state index contributed by atoms with van der Waals surface area (Å²) in [5, 5.41) is 0. The van der Waals surface area contributed by atoms with Gasteiger partial charge in [-0.25, -0.2) is 4.98 Å². The quantitative estimate of drug-likeness (QED) is 0.615. The summed E-state index contributed by atoms with van der Waals surface area (Å²) in [5.74, 6) is 0. The first kappa shape index (κ1) is 10.2. The Morgan fingerprint density at radius 1 is 1.31 bits per heavy atom. The van der Waals surface area contributed by atoms with E-state index in [9.17, 15) is 0 Å². The summed E-state index contributed by atoms with van der Waals surface area (Å²) < 4.78 is 1.28. The molecule has 0 fully saturated rings. The molecule has 13 heavy (non-hydrogen) atoms. The lowest BCUT2D eigenvalue weighted by atomic mass is 10.2. The SMILES string of the molecule is CCC.Cc1ccc2ncsc2c1. The van der Waals surface area contributed by atoms with Gasteiger partial charge in [0.1, 0.15) is 0 Å². The normalized spacial score (nSPS) is 9.46. The summed E-state index contributed by atoms with van der Waals surface area (Å²) in [6.45, 7) is 6.35. The third-order valence-corrected chi connectivity index (χ3v) is 2.28. The Balaban J connectivity index is 0.000000251. The fraction of sp³-hybridized carbons (Fsp3) is 0.364. The number of hydrogen-bond donors (Lipinski definition) is 0. The van der Waals surface area contributed by atoms with E-state index in [1.807, 2.05) is 5.51 Å². The molecule has 0 aliphatic heterocycles. The van der Waals surface area contributed by atoms with Crippen molar-refractivity contribution < 1.29 is 0 Å². The lowest BCUT2D eigenvalue weighted by Crippen LogP contribution is -1.69. The number of aryl methyl sites for hydroxylation is 1. The number of fused-ring (bicyclic) bond motifs is 1. The zero-order chi connectivity index (χ0) is 9.68. The maximum atomic E-state index is 4.18. The van der Waals surface area contributed by atoms with Gasteiger partial charge in [-0.2, -0.15) is 0 Å². The molecule has 0 aliphatic carbocycles. The van der Waals surface area contributed by atoms with Crippen molar-refractivity contribution in [3.63, 3.8) is 0 Å². The molecular weight excluding hydrogens is 178 g/mol. The largest absolute Gasteiger partial charge is 0.245 e. The monoisotopic (exact) mass is 193 g/mol. The van der Waals surface area contributed by atoms with Crippen LogP contribution >= 0.6 is 11.3 Å². The van der Waals surface area contributed by atoms with Crippen LogP contribution in [0, 0.1) is 6.92 Å². The molecule has 2 rings (SSSR count). The Morgan fingerprint density at radius 3 is 2.69 bits per heavy atom. The number of rotatable bonds is 0. The van der Waals surface area contributed by atoms with Crippen molar-refractivity contribution >= 4 is 21.6 Å². The minimum Gasteiger partial charge on any atom is -0.245 e. The van der Waals surface area contributed by atoms with E-state index >= 15 is 0 Å². The van der Waals surface area contributed by atoms with Gasteiger partial charge in [0.25, 0.3) is 0 Å². The molecule has 0 amide bonds. The molecular formula is C11H15NS. The van der Waals surface area contributed by atoms with Gasteiger partial charge in [0, 0.05) is 0 Å². The molecule has 0 saturated carbocycles. The number of thiazole rings is 1. The summed E-state index contributed by atoms with van der Waals surface area (Å²) in [7, 11) is 0. The second-order valence-electron chi connectivity index (χ2n) is 3.03. The van der Waals surface area contributed by atoms with E-state index in [0.717, 1.165) is 5.52 Å². The highest BCUT2D eigenvalue weighted by atomic mass is 32.1. The second-order valence-corrected chi connectivity index (χ2v) is 3.92. The Morgan fingerprint density at radius 2 is 2.00 bits per heavy atom. The van der Waals surface area contributed by atoms with Gasteiger partial charge in [-0.1, -0.05) is 26.3 Å². The van der Waals surface area contributed by atoms with E-state index in [-0.39, 0.29) is 0 Å². The van der Waals surface area contributed by atoms with E-state index in [0.29, 0.717) is 0 Å². The summed E-state index contributed by atoms with van der Waals surface area (Å²) in [4.78, 5) is 4.18. The highest BCUT2D eigenvalue weighted by molar-refractivity contribution is 7.16. The minimum atomic E-state index is 1.11. The van der Waals surface area contributed by atoms with E-state index < -0.39 is 0 Å². The molecule has 0 aliphatic rings. The average Bonchev–Trinajstić information content (AvgIpc) is 2.52. The lowest BCUT2D eigenvalue weighted by Gasteiger charge is -1.88. The molecule has 1 heterocycles. The Bertz CT molecular complexity index is 365. The smallest absolute Gasteiger partial charge is 0.0812 e. The van der Waals surface area contributed by atoms with Gasteiger partial charge >= 0.3 is 0 Å². The topological polar surface area (TPSA) is 12.9 Å². The molecule has 1 nitrogen and oxygen atoms in total. The van der Waals surface area contributed by atoms with Gasteiger partial charge in [0.05, 0.1) is 15.7 Å².